The lowest BCUT2D eigenvalue weighted by Crippen LogP contribution is -2.11. The van der Waals surface area contributed by atoms with Crippen LogP contribution in [0.5, 0.6) is 0 Å². The molecular weight excluding hydrogens is 360 g/mol. The number of benzene rings is 2. The second kappa shape index (κ2) is 6.79. The number of nitrogens with one attached hydrogen (secondary N) is 1. The molecule has 4 rings (SSSR count). The zero-order valence-electron chi connectivity index (χ0n) is 14.2. The predicted molar refractivity (Wildman–Crippen MR) is 104 cm³/mol. The van der Waals surface area contributed by atoms with Crippen LogP contribution in [0.15, 0.2) is 84.1 Å². The highest BCUT2D eigenvalue weighted by Gasteiger charge is 2.11. The molecule has 0 aliphatic carbocycles. The molecule has 0 radical (unpaired) electrons. The first kappa shape index (κ1) is 17.1. The minimum Gasteiger partial charge on any atom is -0.277 e. The summed E-state index contributed by atoms with van der Waals surface area (Å²) in [6.45, 7) is 0. The van der Waals surface area contributed by atoms with E-state index in [9.17, 15) is 8.42 Å². The van der Waals surface area contributed by atoms with Gasteiger partial charge in [-0.2, -0.15) is 5.10 Å². The van der Waals surface area contributed by atoms with Crippen molar-refractivity contribution < 1.29 is 8.42 Å². The maximum absolute atomic E-state index is 11.4. The Morgan fingerprint density at radius 1 is 0.741 bits per heavy atom. The van der Waals surface area contributed by atoms with E-state index in [4.69, 9.17) is 5.14 Å². The molecule has 0 atom stereocenters. The number of nitrogens with two attached hydrogens (primary N) is 1. The van der Waals surface area contributed by atoms with Gasteiger partial charge in [0.05, 0.1) is 16.8 Å². The van der Waals surface area contributed by atoms with E-state index in [1.165, 1.54) is 12.1 Å². The van der Waals surface area contributed by atoms with E-state index in [0.29, 0.717) is 0 Å². The molecule has 7 heteroatoms. The van der Waals surface area contributed by atoms with E-state index in [2.05, 4.69) is 15.2 Å². The molecule has 0 bridgehead atoms. The molecule has 134 valence electrons. The number of H-pyrrole nitrogens is 1. The van der Waals surface area contributed by atoms with E-state index >= 15 is 0 Å². The summed E-state index contributed by atoms with van der Waals surface area (Å²) in [6, 6.07) is 18.4. The number of pyridine rings is 1. The summed E-state index contributed by atoms with van der Waals surface area (Å²) >= 11 is 0. The van der Waals surface area contributed by atoms with E-state index in [0.717, 1.165) is 33.5 Å². The Morgan fingerprint density at radius 2 is 1.30 bits per heavy atom. The van der Waals surface area contributed by atoms with Gasteiger partial charge < -0.3 is 0 Å². The topological polar surface area (TPSA) is 102 Å². The van der Waals surface area contributed by atoms with Crippen molar-refractivity contribution >= 4 is 10.0 Å². The lowest BCUT2D eigenvalue weighted by Gasteiger charge is -2.07. The largest absolute Gasteiger partial charge is 0.277 e. The zero-order chi connectivity index (χ0) is 18.9. The highest BCUT2D eigenvalue weighted by Crippen LogP contribution is 2.31. The molecule has 0 saturated carbocycles. The summed E-state index contributed by atoms with van der Waals surface area (Å²) in [6.07, 6.45) is 5.29. The first-order chi connectivity index (χ1) is 13.0. The second-order valence-corrected chi connectivity index (χ2v) is 7.60. The van der Waals surface area contributed by atoms with Gasteiger partial charge in [0.15, 0.2) is 0 Å². The summed E-state index contributed by atoms with van der Waals surface area (Å²) in [5, 5.41) is 12.4. The SMILES string of the molecule is NS(=O)(=O)c1ccc(-c2ccc(-c3cn[nH]c3-c3ccncc3)cc2)cc1. The summed E-state index contributed by atoms with van der Waals surface area (Å²) in [5.41, 5.74) is 5.87. The first-order valence-corrected chi connectivity index (χ1v) is 9.74. The molecule has 0 aliphatic heterocycles. The fourth-order valence-corrected chi connectivity index (χ4v) is 3.44. The molecule has 0 saturated heterocycles. The monoisotopic (exact) mass is 376 g/mol. The smallest absolute Gasteiger partial charge is 0.238 e. The highest BCUT2D eigenvalue weighted by atomic mass is 32.2. The standard InChI is InChI=1S/C20H16N4O2S/c21-27(25,26)18-7-5-15(6-8-18)14-1-3-16(4-2-14)19-13-23-24-20(19)17-9-11-22-12-10-17/h1-13H,(H,23,24)(H2,21,25,26). The third-order valence-electron chi connectivity index (χ3n) is 4.32. The summed E-state index contributed by atoms with van der Waals surface area (Å²) in [4.78, 5) is 4.14. The fourth-order valence-electron chi connectivity index (χ4n) is 2.92. The van der Waals surface area contributed by atoms with E-state index < -0.39 is 10.0 Å². The van der Waals surface area contributed by atoms with Gasteiger partial charge in [0.2, 0.25) is 10.0 Å². The van der Waals surface area contributed by atoms with Gasteiger partial charge >= 0.3 is 0 Å². The summed E-state index contributed by atoms with van der Waals surface area (Å²) in [7, 11) is -3.68. The van der Waals surface area contributed by atoms with Gasteiger partial charge in [-0.3, -0.25) is 10.1 Å². The third kappa shape index (κ3) is 3.51. The van der Waals surface area contributed by atoms with Gasteiger partial charge in [-0.15, -0.1) is 0 Å². The van der Waals surface area contributed by atoms with E-state index in [-0.39, 0.29) is 4.90 Å². The van der Waals surface area contributed by atoms with Crippen molar-refractivity contribution in [2.45, 2.75) is 4.90 Å². The van der Waals surface area contributed by atoms with Gasteiger partial charge in [-0.1, -0.05) is 36.4 Å². The Kier molecular flexibility index (Phi) is 4.31. The first-order valence-electron chi connectivity index (χ1n) is 8.20. The molecule has 0 aliphatic rings. The van der Waals surface area contributed by atoms with Gasteiger partial charge in [-0.05, 0) is 41.0 Å². The highest BCUT2D eigenvalue weighted by molar-refractivity contribution is 7.89. The number of primary sulfonamides is 1. The predicted octanol–water partition coefficient (Wildman–Crippen LogP) is 3.45. The Hall–Kier alpha value is -3.29. The number of hydrogen-bond donors (Lipinski definition) is 2. The van der Waals surface area contributed by atoms with Crippen LogP contribution in [-0.2, 0) is 10.0 Å². The van der Waals surface area contributed by atoms with Crippen molar-refractivity contribution in [2.75, 3.05) is 0 Å². The molecule has 6 nitrogen and oxygen atoms in total. The Labute approximate surface area is 156 Å². The van der Waals surface area contributed by atoms with Crippen LogP contribution >= 0.6 is 0 Å². The average Bonchev–Trinajstić information content (AvgIpc) is 3.18. The molecule has 2 aromatic heterocycles. The molecule has 4 aromatic rings. The number of aromatic nitrogens is 3. The Bertz CT molecular complexity index is 1170. The minimum absolute atomic E-state index is 0.100. The number of aromatic amines is 1. The van der Waals surface area contributed by atoms with Gasteiger partial charge in [0, 0.05) is 23.5 Å². The maximum atomic E-state index is 11.4. The number of hydrogen-bond acceptors (Lipinski definition) is 4. The van der Waals surface area contributed by atoms with Crippen LogP contribution in [0.4, 0.5) is 0 Å². The van der Waals surface area contributed by atoms with Crippen LogP contribution in [0.2, 0.25) is 0 Å². The van der Waals surface area contributed by atoms with Crippen LogP contribution in [0.25, 0.3) is 33.5 Å². The van der Waals surface area contributed by atoms with Crippen molar-refractivity contribution in [3.8, 4) is 33.5 Å². The van der Waals surface area contributed by atoms with Gasteiger partial charge in [-0.25, -0.2) is 13.6 Å². The van der Waals surface area contributed by atoms with Crippen molar-refractivity contribution in [3.05, 3.63) is 79.3 Å². The summed E-state index contributed by atoms with van der Waals surface area (Å²) < 4.78 is 22.7. The van der Waals surface area contributed by atoms with Crippen molar-refractivity contribution in [3.63, 3.8) is 0 Å². The number of sulfonamides is 1. The number of nitrogens with zero attached hydrogens (tertiary/aromatic N) is 2. The van der Waals surface area contributed by atoms with Crippen LogP contribution in [0.3, 0.4) is 0 Å². The molecule has 0 unspecified atom stereocenters. The maximum Gasteiger partial charge on any atom is 0.238 e. The Balaban J connectivity index is 1.65. The molecular formula is C20H16N4O2S. The van der Waals surface area contributed by atoms with Crippen molar-refractivity contribution in [2.24, 2.45) is 5.14 Å². The Morgan fingerprint density at radius 3 is 1.89 bits per heavy atom. The minimum atomic E-state index is -3.68. The molecule has 27 heavy (non-hydrogen) atoms. The normalized spacial score (nSPS) is 11.4. The van der Waals surface area contributed by atoms with Crippen LogP contribution in [0, 0.1) is 0 Å². The van der Waals surface area contributed by atoms with Gasteiger partial charge in [0.25, 0.3) is 0 Å². The molecule has 2 heterocycles. The third-order valence-corrected chi connectivity index (χ3v) is 5.25. The quantitative estimate of drug-likeness (QED) is 0.569. The molecule has 0 fully saturated rings. The summed E-state index contributed by atoms with van der Waals surface area (Å²) in [5.74, 6) is 0. The van der Waals surface area contributed by atoms with Crippen LogP contribution in [0.1, 0.15) is 0 Å². The van der Waals surface area contributed by atoms with Crippen LogP contribution < -0.4 is 5.14 Å². The molecule has 3 N–H and O–H groups in total. The van der Waals surface area contributed by atoms with Crippen LogP contribution in [-0.4, -0.2) is 23.6 Å². The molecule has 0 spiro atoms. The fraction of sp³-hybridized carbons (Fsp3) is 0. The zero-order valence-corrected chi connectivity index (χ0v) is 15.0. The molecule has 0 amide bonds. The van der Waals surface area contributed by atoms with E-state index in [1.807, 2.05) is 36.4 Å². The lowest BCUT2D eigenvalue weighted by molar-refractivity contribution is 0.598. The van der Waals surface area contributed by atoms with Crippen molar-refractivity contribution in [1.82, 2.24) is 15.2 Å². The molecule has 2 aromatic carbocycles. The number of rotatable bonds is 4. The van der Waals surface area contributed by atoms with Crippen molar-refractivity contribution in [1.29, 1.82) is 0 Å². The van der Waals surface area contributed by atoms with Gasteiger partial charge in [0.1, 0.15) is 0 Å². The average molecular weight is 376 g/mol. The van der Waals surface area contributed by atoms with E-state index in [1.54, 1.807) is 30.7 Å². The second-order valence-electron chi connectivity index (χ2n) is 6.04. The lowest BCUT2D eigenvalue weighted by atomic mass is 9.99.